The van der Waals surface area contributed by atoms with Gasteiger partial charge in [-0.15, -0.1) is 0 Å². The number of hydrogen-bond acceptors (Lipinski definition) is 6. The molecule has 2 rings (SSSR count). The van der Waals surface area contributed by atoms with E-state index in [9.17, 15) is 14.4 Å². The number of methoxy groups -OCH3 is 1. The lowest BCUT2D eigenvalue weighted by molar-refractivity contribution is -0.143. The molecule has 0 aliphatic heterocycles. The minimum atomic E-state index is -0.481. The van der Waals surface area contributed by atoms with E-state index in [-0.39, 0.29) is 12.5 Å². The van der Waals surface area contributed by atoms with E-state index in [1.165, 1.54) is 20.1 Å². The van der Waals surface area contributed by atoms with Gasteiger partial charge in [0.05, 0.1) is 7.11 Å². The third kappa shape index (κ3) is 5.65. The second-order valence-corrected chi connectivity index (χ2v) is 4.96. The van der Waals surface area contributed by atoms with E-state index in [2.05, 4.69) is 10.1 Å². The SMILES string of the molecule is COC(=O)COc1ccc(NC(=O)c2cccc(OC(C)=O)c2)cc1. The minimum absolute atomic E-state index is 0.189. The smallest absolute Gasteiger partial charge is 0.343 e. The summed E-state index contributed by atoms with van der Waals surface area (Å²) in [5.74, 6) is -0.519. The number of carbonyl (C=O) groups is 3. The van der Waals surface area contributed by atoms with Crippen molar-refractivity contribution in [3.63, 3.8) is 0 Å². The molecule has 7 heteroatoms. The Hall–Kier alpha value is -3.35. The van der Waals surface area contributed by atoms with Crippen LogP contribution in [0.2, 0.25) is 0 Å². The maximum absolute atomic E-state index is 12.2. The Balaban J connectivity index is 1.98. The Morgan fingerprint density at radius 1 is 1.00 bits per heavy atom. The molecule has 0 unspecified atom stereocenters. The predicted molar refractivity (Wildman–Crippen MR) is 89.7 cm³/mol. The Labute approximate surface area is 144 Å². The quantitative estimate of drug-likeness (QED) is 0.640. The van der Waals surface area contributed by atoms with Gasteiger partial charge in [0.1, 0.15) is 11.5 Å². The third-order valence-electron chi connectivity index (χ3n) is 3.05. The first-order valence-corrected chi connectivity index (χ1v) is 7.37. The van der Waals surface area contributed by atoms with Crippen molar-refractivity contribution in [2.24, 2.45) is 0 Å². The van der Waals surface area contributed by atoms with Crippen molar-refractivity contribution >= 4 is 23.5 Å². The molecule has 0 saturated heterocycles. The molecule has 0 heterocycles. The molecule has 0 radical (unpaired) electrons. The number of rotatable bonds is 6. The Morgan fingerprint density at radius 2 is 1.72 bits per heavy atom. The molecule has 0 bridgehead atoms. The zero-order valence-corrected chi connectivity index (χ0v) is 13.8. The normalized spacial score (nSPS) is 9.84. The summed E-state index contributed by atoms with van der Waals surface area (Å²) in [5.41, 5.74) is 0.901. The largest absolute Gasteiger partial charge is 0.482 e. The molecule has 0 aliphatic carbocycles. The van der Waals surface area contributed by atoms with Crippen LogP contribution in [0.3, 0.4) is 0 Å². The molecular formula is C18H17NO6. The van der Waals surface area contributed by atoms with Crippen molar-refractivity contribution in [1.29, 1.82) is 0 Å². The summed E-state index contributed by atoms with van der Waals surface area (Å²) in [6.45, 7) is 1.10. The number of amides is 1. The number of benzene rings is 2. The number of nitrogens with one attached hydrogen (secondary N) is 1. The van der Waals surface area contributed by atoms with E-state index in [1.807, 2.05) is 0 Å². The van der Waals surface area contributed by atoms with E-state index < -0.39 is 11.9 Å². The fraction of sp³-hybridized carbons (Fsp3) is 0.167. The van der Waals surface area contributed by atoms with Crippen molar-refractivity contribution in [2.75, 3.05) is 19.0 Å². The van der Waals surface area contributed by atoms with Crippen LogP contribution < -0.4 is 14.8 Å². The highest BCUT2D eigenvalue weighted by molar-refractivity contribution is 6.04. The van der Waals surface area contributed by atoms with Gasteiger partial charge in [-0.3, -0.25) is 9.59 Å². The van der Waals surface area contributed by atoms with Crippen LogP contribution in [0.15, 0.2) is 48.5 Å². The minimum Gasteiger partial charge on any atom is -0.482 e. The highest BCUT2D eigenvalue weighted by atomic mass is 16.6. The molecule has 7 nitrogen and oxygen atoms in total. The van der Waals surface area contributed by atoms with Crippen molar-refractivity contribution in [2.45, 2.75) is 6.92 Å². The maximum Gasteiger partial charge on any atom is 0.343 e. The van der Waals surface area contributed by atoms with E-state index >= 15 is 0 Å². The Kier molecular flexibility index (Phi) is 6.11. The van der Waals surface area contributed by atoms with Crippen LogP contribution in [-0.2, 0) is 14.3 Å². The highest BCUT2D eigenvalue weighted by Crippen LogP contribution is 2.18. The monoisotopic (exact) mass is 343 g/mol. The fourth-order valence-corrected chi connectivity index (χ4v) is 1.91. The molecule has 1 amide bonds. The summed E-state index contributed by atoms with van der Waals surface area (Å²) in [6.07, 6.45) is 0. The van der Waals surface area contributed by atoms with Crippen LogP contribution >= 0.6 is 0 Å². The summed E-state index contributed by atoms with van der Waals surface area (Å²) < 4.78 is 14.7. The average Bonchev–Trinajstić information content (AvgIpc) is 2.60. The van der Waals surface area contributed by atoms with Crippen LogP contribution in [0, 0.1) is 0 Å². The Bertz CT molecular complexity index is 769. The second-order valence-electron chi connectivity index (χ2n) is 4.96. The number of esters is 2. The molecule has 0 fully saturated rings. The van der Waals surface area contributed by atoms with Gasteiger partial charge in [0.25, 0.3) is 5.91 Å². The molecule has 25 heavy (non-hydrogen) atoms. The highest BCUT2D eigenvalue weighted by Gasteiger charge is 2.09. The molecule has 1 N–H and O–H groups in total. The lowest BCUT2D eigenvalue weighted by atomic mass is 10.2. The summed E-state index contributed by atoms with van der Waals surface area (Å²) in [7, 11) is 1.28. The molecule has 2 aromatic carbocycles. The van der Waals surface area contributed by atoms with Gasteiger partial charge in [-0.25, -0.2) is 4.79 Å². The van der Waals surface area contributed by atoms with E-state index in [4.69, 9.17) is 9.47 Å². The molecule has 0 aliphatic rings. The summed E-state index contributed by atoms with van der Waals surface area (Å²) in [4.78, 5) is 34.2. The van der Waals surface area contributed by atoms with Gasteiger partial charge >= 0.3 is 11.9 Å². The zero-order chi connectivity index (χ0) is 18.2. The van der Waals surface area contributed by atoms with Gasteiger partial charge in [-0.05, 0) is 42.5 Å². The first kappa shape index (κ1) is 18.0. The van der Waals surface area contributed by atoms with Gasteiger partial charge in [-0.2, -0.15) is 0 Å². The van der Waals surface area contributed by atoms with E-state index in [0.717, 1.165) is 0 Å². The molecular weight excluding hydrogens is 326 g/mol. The van der Waals surface area contributed by atoms with Gasteiger partial charge in [0.2, 0.25) is 0 Å². The van der Waals surface area contributed by atoms with Crippen molar-refractivity contribution in [1.82, 2.24) is 0 Å². The number of hydrogen-bond donors (Lipinski definition) is 1. The van der Waals surface area contributed by atoms with Gasteiger partial charge in [0, 0.05) is 18.2 Å². The van der Waals surface area contributed by atoms with Gasteiger partial charge in [-0.1, -0.05) is 6.07 Å². The Morgan fingerprint density at radius 3 is 2.36 bits per heavy atom. The number of carbonyl (C=O) groups excluding carboxylic acids is 3. The standard InChI is InChI=1S/C18H17NO6/c1-12(20)25-16-5-3-4-13(10-16)18(22)19-14-6-8-15(9-7-14)24-11-17(21)23-2/h3-10H,11H2,1-2H3,(H,19,22). The van der Waals surface area contributed by atoms with Crippen molar-refractivity contribution < 1.29 is 28.6 Å². The molecule has 0 saturated carbocycles. The van der Waals surface area contributed by atoms with Crippen LogP contribution in [0.4, 0.5) is 5.69 Å². The van der Waals surface area contributed by atoms with Crippen molar-refractivity contribution in [3.05, 3.63) is 54.1 Å². The van der Waals surface area contributed by atoms with E-state index in [0.29, 0.717) is 22.7 Å². The molecule has 0 aromatic heterocycles. The number of anilines is 1. The van der Waals surface area contributed by atoms with Crippen LogP contribution in [0.1, 0.15) is 17.3 Å². The van der Waals surface area contributed by atoms with Gasteiger partial charge in [0.15, 0.2) is 6.61 Å². The summed E-state index contributed by atoms with van der Waals surface area (Å²) in [5, 5.41) is 2.72. The second kappa shape index (κ2) is 8.49. The first-order chi connectivity index (χ1) is 12.0. The lowest BCUT2D eigenvalue weighted by Gasteiger charge is -2.08. The zero-order valence-electron chi connectivity index (χ0n) is 13.8. The molecule has 2 aromatic rings. The van der Waals surface area contributed by atoms with Gasteiger partial charge < -0.3 is 19.5 Å². The van der Waals surface area contributed by atoms with Crippen LogP contribution in [-0.4, -0.2) is 31.6 Å². The average molecular weight is 343 g/mol. The summed E-state index contributed by atoms with van der Waals surface area (Å²) in [6, 6.07) is 12.8. The summed E-state index contributed by atoms with van der Waals surface area (Å²) >= 11 is 0. The van der Waals surface area contributed by atoms with Crippen LogP contribution in [0.5, 0.6) is 11.5 Å². The first-order valence-electron chi connectivity index (χ1n) is 7.37. The molecule has 130 valence electrons. The topological polar surface area (TPSA) is 90.9 Å². The molecule has 0 atom stereocenters. The number of ether oxygens (including phenoxy) is 3. The van der Waals surface area contributed by atoms with Crippen molar-refractivity contribution in [3.8, 4) is 11.5 Å². The fourth-order valence-electron chi connectivity index (χ4n) is 1.91. The predicted octanol–water partition coefficient (Wildman–Crippen LogP) is 2.42. The van der Waals surface area contributed by atoms with E-state index in [1.54, 1.807) is 42.5 Å². The maximum atomic E-state index is 12.2. The third-order valence-corrected chi connectivity index (χ3v) is 3.05. The molecule has 0 spiro atoms. The lowest BCUT2D eigenvalue weighted by Crippen LogP contribution is -2.13. The van der Waals surface area contributed by atoms with Crippen LogP contribution in [0.25, 0.3) is 0 Å².